The van der Waals surface area contributed by atoms with E-state index in [4.69, 9.17) is 10.5 Å². The molecule has 1 amide bonds. The first-order valence-corrected chi connectivity index (χ1v) is 6.79. The third kappa shape index (κ3) is 3.07. The van der Waals surface area contributed by atoms with Gasteiger partial charge in [0.1, 0.15) is 5.75 Å². The van der Waals surface area contributed by atoms with Gasteiger partial charge in [0.05, 0.1) is 7.11 Å². The average molecular weight is 262 g/mol. The van der Waals surface area contributed by atoms with Crippen molar-refractivity contribution in [1.82, 2.24) is 4.90 Å². The van der Waals surface area contributed by atoms with Gasteiger partial charge in [0.25, 0.3) is 0 Å². The van der Waals surface area contributed by atoms with Gasteiger partial charge >= 0.3 is 0 Å². The van der Waals surface area contributed by atoms with E-state index in [-0.39, 0.29) is 5.91 Å². The van der Waals surface area contributed by atoms with Crippen molar-refractivity contribution >= 4 is 5.91 Å². The number of hydrogen-bond acceptors (Lipinski definition) is 3. The topological polar surface area (TPSA) is 55.6 Å². The Balaban J connectivity index is 2.05. The average Bonchev–Trinajstić information content (AvgIpc) is 2.81. The summed E-state index contributed by atoms with van der Waals surface area (Å²) in [6.45, 7) is 3.33. The van der Waals surface area contributed by atoms with Crippen LogP contribution in [0, 0.1) is 0 Å². The number of likely N-dealkylation sites (tertiary alicyclic amines) is 1. The van der Waals surface area contributed by atoms with Crippen molar-refractivity contribution < 1.29 is 9.53 Å². The van der Waals surface area contributed by atoms with Crippen LogP contribution in [0.5, 0.6) is 5.75 Å². The zero-order chi connectivity index (χ0) is 13.8. The molecule has 0 saturated carbocycles. The second kappa shape index (κ2) is 6.06. The molecule has 1 saturated heterocycles. The summed E-state index contributed by atoms with van der Waals surface area (Å²) in [5.41, 5.74) is 6.73. The molecule has 0 bridgehead atoms. The molecule has 19 heavy (non-hydrogen) atoms. The van der Waals surface area contributed by atoms with Crippen molar-refractivity contribution in [2.75, 3.05) is 20.2 Å². The maximum absolute atomic E-state index is 12.0. The first-order chi connectivity index (χ1) is 9.15. The van der Waals surface area contributed by atoms with Gasteiger partial charge in [-0.05, 0) is 31.0 Å². The molecule has 4 nitrogen and oxygen atoms in total. The normalized spacial score (nSPS) is 22.6. The van der Waals surface area contributed by atoms with Crippen molar-refractivity contribution in [1.29, 1.82) is 0 Å². The van der Waals surface area contributed by atoms with Crippen molar-refractivity contribution in [3.8, 4) is 5.75 Å². The molecule has 1 heterocycles. The van der Waals surface area contributed by atoms with Gasteiger partial charge in [-0.3, -0.25) is 4.79 Å². The van der Waals surface area contributed by atoms with E-state index in [2.05, 4.69) is 19.1 Å². The lowest BCUT2D eigenvalue weighted by atomic mass is 9.97. The molecule has 104 valence electrons. The molecule has 1 aliphatic heterocycles. The molecule has 1 aliphatic rings. The second-order valence-corrected chi connectivity index (χ2v) is 5.14. The van der Waals surface area contributed by atoms with E-state index in [1.54, 1.807) is 7.11 Å². The summed E-state index contributed by atoms with van der Waals surface area (Å²) < 4.78 is 5.17. The van der Waals surface area contributed by atoms with Crippen molar-refractivity contribution in [3.05, 3.63) is 29.8 Å². The summed E-state index contributed by atoms with van der Waals surface area (Å²) in [6.07, 6.45) is 1.46. The number of amides is 1. The molecule has 1 aromatic rings. The van der Waals surface area contributed by atoms with E-state index >= 15 is 0 Å². The zero-order valence-corrected chi connectivity index (χ0v) is 11.6. The number of carbonyl (C=O) groups excluding carboxylic acids is 1. The summed E-state index contributed by atoms with van der Waals surface area (Å²) in [7, 11) is 1.67. The van der Waals surface area contributed by atoms with Crippen LogP contribution in [0.15, 0.2) is 24.3 Å². The van der Waals surface area contributed by atoms with Crippen LogP contribution in [-0.2, 0) is 4.79 Å². The van der Waals surface area contributed by atoms with Gasteiger partial charge in [0.2, 0.25) is 5.91 Å². The second-order valence-electron chi connectivity index (χ2n) is 5.14. The molecule has 0 unspecified atom stereocenters. The summed E-state index contributed by atoms with van der Waals surface area (Å²) in [5.74, 6) is 1.46. The predicted octanol–water partition coefficient (Wildman–Crippen LogP) is 1.75. The van der Waals surface area contributed by atoms with E-state index in [1.807, 2.05) is 17.0 Å². The molecule has 4 heteroatoms. The highest BCUT2D eigenvalue weighted by molar-refractivity contribution is 5.77. The Bertz CT molecular complexity index is 430. The van der Waals surface area contributed by atoms with Crippen molar-refractivity contribution in [3.63, 3.8) is 0 Å². The van der Waals surface area contributed by atoms with Gasteiger partial charge in [-0.25, -0.2) is 0 Å². The highest BCUT2D eigenvalue weighted by Gasteiger charge is 2.32. The number of rotatable bonds is 4. The number of nitrogens with zero attached hydrogens (tertiary/aromatic N) is 1. The molecule has 0 aromatic heterocycles. The van der Waals surface area contributed by atoms with E-state index in [1.165, 1.54) is 5.56 Å². The Kier molecular flexibility index (Phi) is 4.43. The fraction of sp³-hybridized carbons (Fsp3) is 0.533. The lowest BCUT2D eigenvalue weighted by Crippen LogP contribution is -2.35. The highest BCUT2D eigenvalue weighted by Crippen LogP contribution is 2.32. The van der Waals surface area contributed by atoms with Crippen molar-refractivity contribution in [2.45, 2.75) is 31.7 Å². The van der Waals surface area contributed by atoms with E-state index < -0.39 is 0 Å². The molecule has 1 fully saturated rings. The number of methoxy groups -OCH3 is 1. The Hall–Kier alpha value is -1.55. The minimum Gasteiger partial charge on any atom is -0.497 e. The Morgan fingerprint density at radius 3 is 2.68 bits per heavy atom. The lowest BCUT2D eigenvalue weighted by Gasteiger charge is -2.21. The van der Waals surface area contributed by atoms with Crippen LogP contribution in [0.3, 0.4) is 0 Å². The highest BCUT2D eigenvalue weighted by atomic mass is 16.5. The van der Waals surface area contributed by atoms with Crippen molar-refractivity contribution in [2.24, 2.45) is 5.73 Å². The van der Waals surface area contributed by atoms with Crippen LogP contribution in [-0.4, -0.2) is 37.0 Å². The van der Waals surface area contributed by atoms with Crippen LogP contribution < -0.4 is 10.5 Å². The monoisotopic (exact) mass is 262 g/mol. The van der Waals surface area contributed by atoms with E-state index in [0.717, 1.165) is 18.7 Å². The summed E-state index contributed by atoms with van der Waals surface area (Å²) in [6, 6.07) is 8.43. The van der Waals surface area contributed by atoms with Crippen LogP contribution >= 0.6 is 0 Å². The smallest absolute Gasteiger partial charge is 0.224 e. The maximum atomic E-state index is 12.0. The standard InChI is InChI=1S/C15H22N2O2/c1-11-9-13(10-17(11)15(18)7-8-16)12-3-5-14(19-2)6-4-12/h3-6,11,13H,7-10,16H2,1-2H3/t11-,13-/m0/s1. The van der Waals surface area contributed by atoms with Crippen LogP contribution in [0.1, 0.15) is 31.2 Å². The van der Waals surface area contributed by atoms with Crippen LogP contribution in [0.4, 0.5) is 0 Å². The largest absolute Gasteiger partial charge is 0.497 e. The molecule has 0 aliphatic carbocycles. The minimum atomic E-state index is 0.172. The van der Waals surface area contributed by atoms with Crippen LogP contribution in [0.2, 0.25) is 0 Å². The Labute approximate surface area is 114 Å². The van der Waals surface area contributed by atoms with Gasteiger partial charge in [0.15, 0.2) is 0 Å². The molecule has 0 radical (unpaired) electrons. The molecule has 1 aromatic carbocycles. The number of nitrogens with two attached hydrogens (primary N) is 1. The van der Waals surface area contributed by atoms with Gasteiger partial charge in [0, 0.05) is 31.5 Å². The Morgan fingerprint density at radius 1 is 1.42 bits per heavy atom. The molecule has 2 atom stereocenters. The fourth-order valence-electron chi connectivity index (χ4n) is 2.76. The predicted molar refractivity (Wildman–Crippen MR) is 75.2 cm³/mol. The number of hydrogen-bond donors (Lipinski definition) is 1. The molecular formula is C15H22N2O2. The third-order valence-electron chi connectivity index (χ3n) is 3.84. The molecule has 2 N–H and O–H groups in total. The van der Waals surface area contributed by atoms with Gasteiger partial charge in [-0.15, -0.1) is 0 Å². The fourth-order valence-corrected chi connectivity index (χ4v) is 2.76. The summed E-state index contributed by atoms with van der Waals surface area (Å²) in [5, 5.41) is 0. The zero-order valence-electron chi connectivity index (χ0n) is 11.6. The quantitative estimate of drug-likeness (QED) is 0.899. The number of carbonyl (C=O) groups is 1. The van der Waals surface area contributed by atoms with Gasteiger partial charge < -0.3 is 15.4 Å². The molecule has 2 rings (SSSR count). The minimum absolute atomic E-state index is 0.172. The summed E-state index contributed by atoms with van der Waals surface area (Å²) >= 11 is 0. The molecule has 0 spiro atoms. The first-order valence-electron chi connectivity index (χ1n) is 6.79. The number of ether oxygens (including phenoxy) is 1. The van der Waals surface area contributed by atoms with E-state index in [0.29, 0.717) is 24.9 Å². The van der Waals surface area contributed by atoms with Gasteiger partial charge in [-0.1, -0.05) is 12.1 Å². The van der Waals surface area contributed by atoms with E-state index in [9.17, 15) is 4.79 Å². The third-order valence-corrected chi connectivity index (χ3v) is 3.84. The van der Waals surface area contributed by atoms with Gasteiger partial charge in [-0.2, -0.15) is 0 Å². The maximum Gasteiger partial charge on any atom is 0.224 e. The molecular weight excluding hydrogens is 240 g/mol. The first kappa shape index (κ1) is 13.9. The lowest BCUT2D eigenvalue weighted by molar-refractivity contribution is -0.131. The summed E-state index contributed by atoms with van der Waals surface area (Å²) in [4.78, 5) is 13.9. The SMILES string of the molecule is COc1ccc([C@H]2C[C@H](C)N(C(=O)CCN)C2)cc1. The number of benzene rings is 1. The Morgan fingerprint density at radius 2 is 2.11 bits per heavy atom. The van der Waals surface area contributed by atoms with Crippen LogP contribution in [0.25, 0.3) is 0 Å².